The molecule has 0 aliphatic heterocycles. The molecule has 0 aliphatic rings. The van der Waals surface area contributed by atoms with Gasteiger partial charge < -0.3 is 10.4 Å². The zero-order chi connectivity index (χ0) is 17.7. The SMILES string of the molecule is CCCCCCCCCCCC(=O)N[C@H](CS(=O)(=O)O)C(=O)O.[NaH]. The number of aliphatic carboxylic acids is 1. The molecule has 0 fully saturated rings. The number of carbonyl (C=O) groups is 2. The third kappa shape index (κ3) is 16.7. The number of hydrogen-bond donors (Lipinski definition) is 3. The van der Waals surface area contributed by atoms with E-state index in [-0.39, 0.29) is 36.0 Å². The van der Waals surface area contributed by atoms with E-state index in [0.717, 1.165) is 19.3 Å². The molecule has 0 radical (unpaired) electrons. The molecular weight excluding hydrogens is 345 g/mol. The number of carbonyl (C=O) groups excluding carboxylic acids is 1. The summed E-state index contributed by atoms with van der Waals surface area (Å²) in [6.07, 6.45) is 10.0. The fraction of sp³-hybridized carbons (Fsp3) is 0.867. The van der Waals surface area contributed by atoms with E-state index in [1.807, 2.05) is 0 Å². The fourth-order valence-electron chi connectivity index (χ4n) is 2.25. The van der Waals surface area contributed by atoms with Crippen molar-refractivity contribution >= 4 is 51.6 Å². The van der Waals surface area contributed by atoms with Crippen LogP contribution in [0.5, 0.6) is 0 Å². The van der Waals surface area contributed by atoms with Crippen LogP contribution in [0.3, 0.4) is 0 Å². The van der Waals surface area contributed by atoms with Crippen LogP contribution in [0.2, 0.25) is 0 Å². The van der Waals surface area contributed by atoms with Crippen molar-refractivity contribution in [2.45, 2.75) is 77.2 Å². The maximum atomic E-state index is 11.6. The Hall–Kier alpha value is -0.150. The first-order valence-corrected chi connectivity index (χ1v) is 9.84. The Morgan fingerprint density at radius 3 is 1.83 bits per heavy atom. The average molecular weight is 375 g/mol. The van der Waals surface area contributed by atoms with Crippen LogP contribution < -0.4 is 5.32 Å². The number of unbranched alkanes of at least 4 members (excludes halogenated alkanes) is 8. The Balaban J connectivity index is 0. The van der Waals surface area contributed by atoms with Crippen molar-refractivity contribution in [2.75, 3.05) is 5.75 Å². The van der Waals surface area contributed by atoms with Crippen molar-refractivity contribution < 1.29 is 27.7 Å². The predicted octanol–water partition coefficient (Wildman–Crippen LogP) is 1.72. The maximum absolute atomic E-state index is 11.6. The van der Waals surface area contributed by atoms with Crippen molar-refractivity contribution in [3.05, 3.63) is 0 Å². The number of amides is 1. The number of hydrogen-bond acceptors (Lipinski definition) is 4. The summed E-state index contributed by atoms with van der Waals surface area (Å²) < 4.78 is 30.0. The van der Waals surface area contributed by atoms with E-state index in [1.165, 1.54) is 32.1 Å². The van der Waals surface area contributed by atoms with Crippen LogP contribution in [-0.2, 0) is 19.7 Å². The van der Waals surface area contributed by atoms with Crippen molar-refractivity contribution in [1.29, 1.82) is 0 Å². The van der Waals surface area contributed by atoms with Crippen molar-refractivity contribution in [1.82, 2.24) is 5.32 Å². The molecule has 0 aliphatic carbocycles. The molecule has 7 nitrogen and oxygen atoms in total. The van der Waals surface area contributed by atoms with E-state index < -0.39 is 33.8 Å². The monoisotopic (exact) mass is 375 g/mol. The second-order valence-corrected chi connectivity index (χ2v) is 7.28. The molecular formula is C15H30NNaO6S. The molecule has 138 valence electrons. The Labute approximate surface area is 167 Å². The van der Waals surface area contributed by atoms with Crippen LogP contribution >= 0.6 is 0 Å². The number of nitrogens with one attached hydrogen (secondary N) is 1. The van der Waals surface area contributed by atoms with Crippen LogP contribution in [0.1, 0.15) is 71.1 Å². The van der Waals surface area contributed by atoms with Gasteiger partial charge in [-0.1, -0.05) is 58.3 Å². The molecule has 0 aromatic carbocycles. The van der Waals surface area contributed by atoms with E-state index >= 15 is 0 Å². The minimum atomic E-state index is -4.45. The van der Waals surface area contributed by atoms with Crippen LogP contribution in [0.4, 0.5) is 0 Å². The quantitative estimate of drug-likeness (QED) is 0.241. The second kappa shape index (κ2) is 15.1. The van der Waals surface area contributed by atoms with Crippen molar-refractivity contribution in [3.63, 3.8) is 0 Å². The Morgan fingerprint density at radius 2 is 1.42 bits per heavy atom. The topological polar surface area (TPSA) is 121 Å². The molecule has 24 heavy (non-hydrogen) atoms. The summed E-state index contributed by atoms with van der Waals surface area (Å²) in [6, 6.07) is -1.61. The van der Waals surface area contributed by atoms with E-state index in [2.05, 4.69) is 12.2 Å². The molecule has 0 aromatic rings. The van der Waals surface area contributed by atoms with Gasteiger partial charge in [0, 0.05) is 6.42 Å². The van der Waals surface area contributed by atoms with Crippen molar-refractivity contribution in [3.8, 4) is 0 Å². The molecule has 0 rings (SSSR count). The van der Waals surface area contributed by atoms with Gasteiger partial charge in [-0.2, -0.15) is 8.42 Å². The van der Waals surface area contributed by atoms with E-state index in [0.29, 0.717) is 6.42 Å². The zero-order valence-corrected chi connectivity index (χ0v) is 14.6. The van der Waals surface area contributed by atoms with Crippen LogP contribution in [0.15, 0.2) is 0 Å². The number of rotatable bonds is 14. The number of carboxylic acid groups (broad SMARTS) is 1. The third-order valence-corrected chi connectivity index (χ3v) is 4.27. The molecule has 3 N–H and O–H groups in total. The standard InChI is InChI=1S/C15H29NO6S.Na.H/c1-2-3-4-5-6-7-8-9-10-11-14(17)16-13(15(18)19)12-23(20,21)22;;/h13H,2-12H2,1H3,(H,16,17)(H,18,19)(H,20,21,22);;/t13-;;/m1../s1. The van der Waals surface area contributed by atoms with Gasteiger partial charge in [-0.3, -0.25) is 9.35 Å². The minimum absolute atomic E-state index is 0. The van der Waals surface area contributed by atoms with Gasteiger partial charge in [-0.15, -0.1) is 0 Å². The van der Waals surface area contributed by atoms with E-state index in [4.69, 9.17) is 9.66 Å². The second-order valence-electron chi connectivity index (χ2n) is 5.79. The van der Waals surface area contributed by atoms with Gasteiger partial charge in [0.2, 0.25) is 5.91 Å². The van der Waals surface area contributed by atoms with Gasteiger partial charge in [0.25, 0.3) is 10.1 Å². The van der Waals surface area contributed by atoms with Gasteiger partial charge in [0.1, 0.15) is 11.8 Å². The average Bonchev–Trinajstić information content (AvgIpc) is 2.43. The van der Waals surface area contributed by atoms with Gasteiger partial charge in [-0.25, -0.2) is 4.79 Å². The predicted molar refractivity (Wildman–Crippen MR) is 95.0 cm³/mol. The Morgan fingerprint density at radius 1 is 0.958 bits per heavy atom. The van der Waals surface area contributed by atoms with Crippen LogP contribution in [-0.4, -0.2) is 71.3 Å². The molecule has 0 aromatic heterocycles. The summed E-state index contributed by atoms with van der Waals surface area (Å²) in [6.45, 7) is 2.18. The molecule has 9 heteroatoms. The zero-order valence-electron chi connectivity index (χ0n) is 13.8. The summed E-state index contributed by atoms with van der Waals surface area (Å²) >= 11 is 0. The fourth-order valence-corrected chi connectivity index (χ4v) is 2.90. The molecule has 0 heterocycles. The molecule has 0 unspecified atom stereocenters. The summed E-state index contributed by atoms with van der Waals surface area (Å²) in [5, 5.41) is 10.9. The van der Waals surface area contributed by atoms with Crippen LogP contribution in [0, 0.1) is 0 Å². The summed E-state index contributed by atoms with van der Waals surface area (Å²) in [5.74, 6) is -3.02. The van der Waals surface area contributed by atoms with Gasteiger partial charge >= 0.3 is 35.5 Å². The Kier molecular flexibility index (Phi) is 16.4. The third-order valence-electron chi connectivity index (χ3n) is 3.52. The normalized spacial score (nSPS) is 12.2. The first kappa shape index (κ1) is 26.1. The molecule has 1 amide bonds. The van der Waals surface area contributed by atoms with Gasteiger partial charge in [0.05, 0.1) is 0 Å². The van der Waals surface area contributed by atoms with E-state index in [9.17, 15) is 18.0 Å². The molecule has 0 saturated carbocycles. The van der Waals surface area contributed by atoms with Gasteiger partial charge in [0.15, 0.2) is 0 Å². The number of carboxylic acids is 1. The van der Waals surface area contributed by atoms with Crippen LogP contribution in [0.25, 0.3) is 0 Å². The summed E-state index contributed by atoms with van der Waals surface area (Å²) in [7, 11) is -4.45. The first-order chi connectivity index (χ1) is 10.8. The van der Waals surface area contributed by atoms with E-state index in [1.54, 1.807) is 0 Å². The molecule has 0 bridgehead atoms. The first-order valence-electron chi connectivity index (χ1n) is 8.23. The van der Waals surface area contributed by atoms with Crippen molar-refractivity contribution in [2.24, 2.45) is 0 Å². The van der Waals surface area contributed by atoms with Gasteiger partial charge in [-0.05, 0) is 6.42 Å². The molecule has 0 saturated heterocycles. The molecule has 0 spiro atoms. The summed E-state index contributed by atoms with van der Waals surface area (Å²) in [4.78, 5) is 22.4. The summed E-state index contributed by atoms with van der Waals surface area (Å²) in [5.41, 5.74) is 0. The Bertz CT molecular complexity index is 455. The molecule has 1 atom stereocenters.